The molecule has 1 aromatic carbocycles. The molecule has 10 nitrogen and oxygen atoms in total. The van der Waals surface area contributed by atoms with Crippen molar-refractivity contribution >= 4 is 17.5 Å². The van der Waals surface area contributed by atoms with Gasteiger partial charge in [-0.2, -0.15) is 0 Å². The second kappa shape index (κ2) is 6.07. The molecule has 2 aromatic rings. The molecule has 1 aromatic heterocycles. The maximum atomic E-state index is 12.3. The summed E-state index contributed by atoms with van der Waals surface area (Å²) in [5, 5.41) is 25.0. The summed E-state index contributed by atoms with van der Waals surface area (Å²) in [5.74, 6) is -1.94. The Morgan fingerprint density at radius 3 is 2.17 bits per heavy atom. The molecule has 0 amide bonds. The number of carbonyl (C=O) groups is 1. The molecule has 2 rings (SSSR count). The molecule has 0 radical (unpaired) electrons. The van der Waals surface area contributed by atoms with Crippen LogP contribution in [0, 0.1) is 20.2 Å². The number of carbonyl (C=O) groups excluding carboxylic acids is 1. The van der Waals surface area contributed by atoms with Crippen molar-refractivity contribution in [1.29, 1.82) is 0 Å². The lowest BCUT2D eigenvalue weighted by molar-refractivity contribution is -0.391. The van der Waals surface area contributed by atoms with Crippen LogP contribution in [-0.2, 0) is 4.74 Å². The largest absolute Gasteiger partial charge is 0.456 e. The van der Waals surface area contributed by atoms with Gasteiger partial charge in [0.15, 0.2) is 5.16 Å². The van der Waals surface area contributed by atoms with Crippen molar-refractivity contribution in [1.82, 2.24) is 5.16 Å². The van der Waals surface area contributed by atoms with E-state index in [2.05, 4.69) is 5.16 Å². The second-order valence-electron chi connectivity index (χ2n) is 5.77. The lowest BCUT2D eigenvalue weighted by Crippen LogP contribution is -2.24. The topological polar surface area (TPSA) is 139 Å². The molecule has 0 aliphatic carbocycles. The van der Waals surface area contributed by atoms with Gasteiger partial charge >= 0.3 is 11.8 Å². The number of ether oxygens (including phenoxy) is 1. The molecule has 0 spiro atoms. The van der Waals surface area contributed by atoms with Crippen LogP contribution in [0.3, 0.4) is 0 Å². The number of hydrogen-bond acceptors (Lipinski definition) is 8. The average molecular weight is 335 g/mol. The maximum absolute atomic E-state index is 12.3. The summed E-state index contributed by atoms with van der Waals surface area (Å²) in [4.78, 5) is 32.6. The molecule has 0 fully saturated rings. The van der Waals surface area contributed by atoms with E-state index < -0.39 is 32.8 Å². The van der Waals surface area contributed by atoms with Gasteiger partial charge in [0.2, 0.25) is 11.3 Å². The molecule has 0 aliphatic heterocycles. The highest BCUT2D eigenvalue weighted by atomic mass is 16.6. The van der Waals surface area contributed by atoms with Crippen molar-refractivity contribution in [2.24, 2.45) is 0 Å². The van der Waals surface area contributed by atoms with E-state index in [4.69, 9.17) is 9.26 Å². The van der Waals surface area contributed by atoms with Crippen LogP contribution in [0.4, 0.5) is 11.5 Å². The standard InChI is InChI=1S/C14H13N3O7/c1-14(2,3)23-13(18)10-11(24-15-12(10)17(21)22)8-4-6-9(7-5-8)16(19)20/h4-7H,1-3H3. The zero-order valence-corrected chi connectivity index (χ0v) is 13.0. The van der Waals surface area contributed by atoms with Crippen molar-refractivity contribution in [3.63, 3.8) is 0 Å². The molecule has 0 bridgehead atoms. The number of esters is 1. The van der Waals surface area contributed by atoms with E-state index in [1.807, 2.05) is 0 Å². The number of nitro groups is 2. The van der Waals surface area contributed by atoms with Crippen molar-refractivity contribution in [3.05, 3.63) is 50.1 Å². The van der Waals surface area contributed by atoms with Crippen molar-refractivity contribution in [2.45, 2.75) is 26.4 Å². The molecule has 0 saturated carbocycles. The number of aromatic nitrogens is 1. The minimum absolute atomic E-state index is 0.174. The number of nitro benzene ring substituents is 1. The van der Waals surface area contributed by atoms with Gasteiger partial charge in [0.1, 0.15) is 5.60 Å². The fourth-order valence-corrected chi connectivity index (χ4v) is 1.85. The molecule has 1 heterocycles. The van der Waals surface area contributed by atoms with E-state index >= 15 is 0 Å². The predicted molar refractivity (Wildman–Crippen MR) is 80.4 cm³/mol. The molecule has 10 heteroatoms. The van der Waals surface area contributed by atoms with Gasteiger partial charge < -0.3 is 14.9 Å². The van der Waals surface area contributed by atoms with Crippen LogP contribution in [-0.4, -0.2) is 26.6 Å². The lowest BCUT2D eigenvalue weighted by Gasteiger charge is -2.18. The number of non-ortho nitro benzene ring substituents is 1. The first-order valence-corrected chi connectivity index (χ1v) is 6.72. The van der Waals surface area contributed by atoms with Gasteiger partial charge in [0.05, 0.1) is 4.92 Å². The van der Waals surface area contributed by atoms with E-state index in [0.717, 1.165) is 0 Å². The first-order chi connectivity index (χ1) is 11.1. The summed E-state index contributed by atoms with van der Waals surface area (Å²) in [6, 6.07) is 4.97. The number of hydrogen-bond donors (Lipinski definition) is 0. The Balaban J connectivity index is 2.52. The second-order valence-corrected chi connectivity index (χ2v) is 5.77. The Hall–Kier alpha value is -3.30. The summed E-state index contributed by atoms with van der Waals surface area (Å²) >= 11 is 0. The highest BCUT2D eigenvalue weighted by Crippen LogP contribution is 2.33. The molecule has 0 N–H and O–H groups in total. The van der Waals surface area contributed by atoms with Gasteiger partial charge in [-0.3, -0.25) is 14.6 Å². The molecule has 0 atom stereocenters. The zero-order chi connectivity index (χ0) is 18.1. The molecule has 0 unspecified atom stereocenters. The quantitative estimate of drug-likeness (QED) is 0.471. The van der Waals surface area contributed by atoms with E-state index in [9.17, 15) is 25.0 Å². The Morgan fingerprint density at radius 1 is 1.12 bits per heavy atom. The minimum atomic E-state index is -0.969. The number of rotatable bonds is 4. The van der Waals surface area contributed by atoms with Crippen LogP contribution in [0.15, 0.2) is 28.8 Å². The first kappa shape index (κ1) is 17.1. The Kier molecular flexibility index (Phi) is 4.31. The maximum Gasteiger partial charge on any atom is 0.428 e. The fourth-order valence-electron chi connectivity index (χ4n) is 1.85. The summed E-state index contributed by atoms with van der Waals surface area (Å²) in [5.41, 5.74) is -1.27. The van der Waals surface area contributed by atoms with E-state index in [-0.39, 0.29) is 17.0 Å². The van der Waals surface area contributed by atoms with E-state index in [1.165, 1.54) is 24.3 Å². The van der Waals surface area contributed by atoms with Gasteiger partial charge in [-0.05, 0) is 37.8 Å². The van der Waals surface area contributed by atoms with Gasteiger partial charge in [-0.25, -0.2) is 4.79 Å². The number of nitrogens with zero attached hydrogens (tertiary/aromatic N) is 3. The average Bonchev–Trinajstić information content (AvgIpc) is 2.90. The summed E-state index contributed by atoms with van der Waals surface area (Å²) in [7, 11) is 0. The normalized spacial score (nSPS) is 11.1. The van der Waals surface area contributed by atoms with Crippen LogP contribution < -0.4 is 0 Å². The molecule has 0 saturated heterocycles. The molecular formula is C14H13N3O7. The molecule has 0 aliphatic rings. The fraction of sp³-hybridized carbons (Fsp3) is 0.286. The minimum Gasteiger partial charge on any atom is -0.456 e. The van der Waals surface area contributed by atoms with Crippen LogP contribution >= 0.6 is 0 Å². The van der Waals surface area contributed by atoms with E-state index in [0.29, 0.717) is 0 Å². The van der Waals surface area contributed by atoms with Crippen molar-refractivity contribution < 1.29 is 23.9 Å². The zero-order valence-electron chi connectivity index (χ0n) is 13.0. The SMILES string of the molecule is CC(C)(C)OC(=O)c1c([N+](=O)[O-])noc1-c1ccc([N+](=O)[O-])cc1. The van der Waals surface area contributed by atoms with Gasteiger partial charge in [-0.1, -0.05) is 0 Å². The van der Waals surface area contributed by atoms with Gasteiger partial charge in [0, 0.05) is 17.7 Å². The summed E-state index contributed by atoms with van der Waals surface area (Å²) < 4.78 is 10.1. The van der Waals surface area contributed by atoms with Crippen LogP contribution in [0.5, 0.6) is 0 Å². The van der Waals surface area contributed by atoms with Gasteiger partial charge in [-0.15, -0.1) is 0 Å². The molecule has 24 heavy (non-hydrogen) atoms. The van der Waals surface area contributed by atoms with Gasteiger partial charge in [0.25, 0.3) is 5.69 Å². The Bertz CT molecular complexity index is 803. The first-order valence-electron chi connectivity index (χ1n) is 6.72. The third-order valence-electron chi connectivity index (χ3n) is 2.79. The van der Waals surface area contributed by atoms with Crippen LogP contribution in [0.25, 0.3) is 11.3 Å². The van der Waals surface area contributed by atoms with Crippen LogP contribution in [0.2, 0.25) is 0 Å². The Labute approximate surface area is 135 Å². The highest BCUT2D eigenvalue weighted by molar-refractivity contribution is 5.99. The molecular weight excluding hydrogens is 322 g/mol. The smallest absolute Gasteiger partial charge is 0.428 e. The molecule has 126 valence electrons. The monoisotopic (exact) mass is 335 g/mol. The summed E-state index contributed by atoms with van der Waals surface area (Å²) in [6.07, 6.45) is 0. The van der Waals surface area contributed by atoms with Crippen molar-refractivity contribution in [2.75, 3.05) is 0 Å². The lowest BCUT2D eigenvalue weighted by atomic mass is 10.1. The van der Waals surface area contributed by atoms with Crippen molar-refractivity contribution in [3.8, 4) is 11.3 Å². The third kappa shape index (κ3) is 3.54. The number of benzene rings is 1. The highest BCUT2D eigenvalue weighted by Gasteiger charge is 2.36. The van der Waals surface area contributed by atoms with E-state index in [1.54, 1.807) is 20.8 Å². The van der Waals surface area contributed by atoms with Crippen LogP contribution in [0.1, 0.15) is 31.1 Å². The Morgan fingerprint density at radius 2 is 1.71 bits per heavy atom. The predicted octanol–water partition coefficient (Wildman–Crippen LogP) is 3.11. The summed E-state index contributed by atoms with van der Waals surface area (Å²) in [6.45, 7) is 4.82. The third-order valence-corrected chi connectivity index (χ3v) is 2.79.